The molecule has 0 bridgehead atoms. The van der Waals surface area contributed by atoms with Crippen molar-refractivity contribution in [3.05, 3.63) is 77.9 Å². The minimum atomic E-state index is 0.0262. The van der Waals surface area contributed by atoms with Crippen molar-refractivity contribution in [2.24, 2.45) is 0 Å². The highest BCUT2D eigenvalue weighted by atomic mass is 32.1. The van der Waals surface area contributed by atoms with Crippen LogP contribution in [0.15, 0.2) is 66.7 Å². The van der Waals surface area contributed by atoms with Gasteiger partial charge in [-0.3, -0.25) is 4.79 Å². The number of rotatable bonds is 9. The Morgan fingerprint density at radius 1 is 0.917 bits per heavy atom. The number of benzene rings is 3. The van der Waals surface area contributed by atoms with E-state index in [1.807, 2.05) is 66.7 Å². The molecule has 0 atom stereocenters. The number of piperidine rings is 1. The van der Waals surface area contributed by atoms with E-state index >= 15 is 0 Å². The minimum Gasteiger partial charge on any atom is -0.497 e. The first kappa shape index (κ1) is 24.3. The summed E-state index contributed by atoms with van der Waals surface area (Å²) in [5, 5.41) is 4.49. The van der Waals surface area contributed by atoms with Gasteiger partial charge in [-0.25, -0.2) is 0 Å². The first-order chi connectivity index (χ1) is 17.7. The summed E-state index contributed by atoms with van der Waals surface area (Å²) in [7, 11) is 3.32. The van der Waals surface area contributed by atoms with Gasteiger partial charge >= 0.3 is 0 Å². The Kier molecular flexibility index (Phi) is 7.54. The van der Waals surface area contributed by atoms with Gasteiger partial charge in [0.25, 0.3) is 0 Å². The molecule has 1 fully saturated rings. The Morgan fingerprint density at radius 2 is 1.64 bits per heavy atom. The fourth-order valence-electron chi connectivity index (χ4n) is 4.88. The summed E-state index contributed by atoms with van der Waals surface area (Å²) in [6.07, 6.45) is 3.89. The maximum Gasteiger partial charge on any atom is 0.197 e. The van der Waals surface area contributed by atoms with Crippen LogP contribution in [0.5, 0.6) is 11.5 Å². The van der Waals surface area contributed by atoms with E-state index in [9.17, 15) is 4.79 Å². The number of carbonyl (C=O) groups excluding carboxylic acids is 1. The van der Waals surface area contributed by atoms with Crippen LogP contribution in [0.2, 0.25) is 0 Å². The predicted molar refractivity (Wildman–Crippen MR) is 149 cm³/mol. The van der Waals surface area contributed by atoms with E-state index in [1.165, 1.54) is 19.3 Å². The molecule has 1 aromatic heterocycles. The van der Waals surface area contributed by atoms with E-state index in [2.05, 4.69) is 10.2 Å². The first-order valence-corrected chi connectivity index (χ1v) is 13.3. The van der Waals surface area contributed by atoms with Crippen LogP contribution in [0, 0.1) is 0 Å². The van der Waals surface area contributed by atoms with E-state index in [0.717, 1.165) is 69.5 Å². The molecule has 1 N–H and O–H groups in total. The Bertz CT molecular complexity index is 1340. The van der Waals surface area contributed by atoms with Crippen molar-refractivity contribution in [3.63, 3.8) is 0 Å². The lowest BCUT2D eigenvalue weighted by Crippen LogP contribution is -2.33. The zero-order valence-corrected chi connectivity index (χ0v) is 21.7. The first-order valence-electron chi connectivity index (χ1n) is 12.5. The van der Waals surface area contributed by atoms with Crippen molar-refractivity contribution in [2.45, 2.75) is 19.3 Å². The van der Waals surface area contributed by atoms with Crippen LogP contribution in [0.4, 0.5) is 5.69 Å². The number of methoxy groups -OCH3 is 2. The highest BCUT2D eigenvalue weighted by Crippen LogP contribution is 2.42. The number of ether oxygens (including phenoxy) is 2. The molecule has 1 saturated heterocycles. The molecule has 0 radical (unpaired) electrons. The highest BCUT2D eigenvalue weighted by Gasteiger charge is 2.24. The molecular weight excluding hydrogens is 468 g/mol. The van der Waals surface area contributed by atoms with Crippen molar-refractivity contribution < 1.29 is 14.3 Å². The molecule has 2 heterocycles. The Morgan fingerprint density at radius 3 is 2.39 bits per heavy atom. The number of nitrogens with one attached hydrogen (secondary N) is 1. The molecule has 0 unspecified atom stereocenters. The lowest BCUT2D eigenvalue weighted by Gasteiger charge is -2.26. The van der Waals surface area contributed by atoms with Crippen LogP contribution in [0.25, 0.3) is 20.5 Å². The monoisotopic (exact) mass is 500 g/mol. The number of hydrogen-bond donors (Lipinski definition) is 1. The van der Waals surface area contributed by atoms with E-state index in [0.29, 0.717) is 5.56 Å². The molecule has 1 aliphatic rings. The van der Waals surface area contributed by atoms with Gasteiger partial charge in [0.05, 0.1) is 14.2 Å². The van der Waals surface area contributed by atoms with Crippen LogP contribution in [0.1, 0.15) is 35.2 Å². The van der Waals surface area contributed by atoms with Crippen molar-refractivity contribution in [1.82, 2.24) is 4.90 Å². The van der Waals surface area contributed by atoms with Crippen molar-refractivity contribution >= 4 is 32.9 Å². The van der Waals surface area contributed by atoms with Crippen LogP contribution in [-0.2, 0) is 0 Å². The molecule has 4 aromatic rings. The van der Waals surface area contributed by atoms with E-state index in [-0.39, 0.29) is 5.78 Å². The number of hydrogen-bond acceptors (Lipinski definition) is 6. The van der Waals surface area contributed by atoms with Gasteiger partial charge in [0, 0.05) is 44.9 Å². The second-order valence-electron chi connectivity index (χ2n) is 9.10. The fraction of sp³-hybridized carbons (Fsp3) is 0.300. The standard InChI is InChI=1S/C30H32N2O3S/c1-34-22-12-10-21(11-13-22)30-28(25-15-14-23(35-2)20-27(25)36-30)29(33)24-8-4-5-9-26(24)31-16-19-32-17-6-3-7-18-32/h4-5,8-15,20,31H,3,6-7,16-19H2,1-2H3. The van der Waals surface area contributed by atoms with Crippen molar-refractivity contribution in [2.75, 3.05) is 45.7 Å². The summed E-state index contributed by atoms with van der Waals surface area (Å²) in [6.45, 7) is 4.13. The van der Waals surface area contributed by atoms with Gasteiger partial charge in [-0.15, -0.1) is 11.3 Å². The number of carbonyl (C=O) groups is 1. The minimum absolute atomic E-state index is 0.0262. The zero-order chi connectivity index (χ0) is 24.9. The fourth-order valence-corrected chi connectivity index (χ4v) is 6.11. The van der Waals surface area contributed by atoms with Crippen LogP contribution in [0.3, 0.4) is 0 Å². The molecule has 0 spiro atoms. The third-order valence-corrected chi connectivity index (χ3v) is 8.04. The number of likely N-dealkylation sites (tertiary alicyclic amines) is 1. The number of ketones is 1. The van der Waals surface area contributed by atoms with Crippen molar-refractivity contribution in [1.29, 1.82) is 0 Å². The number of nitrogens with zero attached hydrogens (tertiary/aromatic N) is 1. The SMILES string of the molecule is COc1ccc(-c2sc3cc(OC)ccc3c2C(=O)c2ccccc2NCCN2CCCCC2)cc1. The molecule has 0 saturated carbocycles. The highest BCUT2D eigenvalue weighted by molar-refractivity contribution is 7.22. The molecule has 186 valence electrons. The average molecular weight is 501 g/mol. The second-order valence-corrected chi connectivity index (χ2v) is 10.2. The number of thiophene rings is 1. The number of anilines is 1. The van der Waals surface area contributed by atoms with Gasteiger partial charge in [0.1, 0.15) is 11.5 Å². The zero-order valence-electron chi connectivity index (χ0n) is 20.9. The van der Waals surface area contributed by atoms with E-state index < -0.39 is 0 Å². The normalized spacial score (nSPS) is 14.1. The topological polar surface area (TPSA) is 50.8 Å². The lowest BCUT2D eigenvalue weighted by atomic mass is 9.96. The summed E-state index contributed by atoms with van der Waals surface area (Å²) < 4.78 is 11.8. The molecule has 0 amide bonds. The predicted octanol–water partition coefficient (Wildman–Crippen LogP) is 6.71. The average Bonchev–Trinajstić information content (AvgIpc) is 3.32. The Labute approximate surface area is 216 Å². The second kappa shape index (κ2) is 11.1. The summed E-state index contributed by atoms with van der Waals surface area (Å²) in [6, 6.07) is 21.7. The summed E-state index contributed by atoms with van der Waals surface area (Å²) in [5.41, 5.74) is 3.30. The van der Waals surface area contributed by atoms with Crippen LogP contribution < -0.4 is 14.8 Å². The van der Waals surface area contributed by atoms with Gasteiger partial charge in [-0.05, 0) is 86.1 Å². The lowest BCUT2D eigenvalue weighted by molar-refractivity contribution is 0.104. The Balaban J connectivity index is 1.50. The van der Waals surface area contributed by atoms with Crippen LogP contribution >= 0.6 is 11.3 Å². The summed E-state index contributed by atoms with van der Waals surface area (Å²) in [4.78, 5) is 17.6. The summed E-state index contributed by atoms with van der Waals surface area (Å²) >= 11 is 1.62. The van der Waals surface area contributed by atoms with Gasteiger partial charge in [0.15, 0.2) is 5.78 Å². The molecule has 6 heteroatoms. The third-order valence-electron chi connectivity index (χ3n) is 6.84. The molecule has 3 aromatic carbocycles. The van der Waals surface area contributed by atoms with E-state index in [4.69, 9.17) is 9.47 Å². The molecular formula is C30H32N2O3S. The van der Waals surface area contributed by atoms with Crippen molar-refractivity contribution in [3.8, 4) is 21.9 Å². The molecule has 1 aliphatic heterocycles. The maximum atomic E-state index is 14.2. The Hall–Kier alpha value is -3.35. The number of fused-ring (bicyclic) bond motifs is 1. The maximum absolute atomic E-state index is 14.2. The molecule has 36 heavy (non-hydrogen) atoms. The molecule has 5 rings (SSSR count). The largest absolute Gasteiger partial charge is 0.497 e. The van der Waals surface area contributed by atoms with Gasteiger partial charge in [-0.2, -0.15) is 0 Å². The number of para-hydroxylation sites is 1. The van der Waals surface area contributed by atoms with E-state index in [1.54, 1.807) is 25.6 Å². The van der Waals surface area contributed by atoms with Gasteiger partial charge in [-0.1, -0.05) is 18.6 Å². The third kappa shape index (κ3) is 5.11. The van der Waals surface area contributed by atoms with Crippen LogP contribution in [-0.4, -0.2) is 51.1 Å². The smallest absolute Gasteiger partial charge is 0.197 e. The van der Waals surface area contributed by atoms with Gasteiger partial charge < -0.3 is 19.7 Å². The molecule has 5 nitrogen and oxygen atoms in total. The summed E-state index contributed by atoms with van der Waals surface area (Å²) in [5.74, 6) is 1.60. The van der Waals surface area contributed by atoms with Gasteiger partial charge in [0.2, 0.25) is 0 Å². The quantitative estimate of drug-likeness (QED) is 0.259. The molecule has 0 aliphatic carbocycles.